The third-order valence-corrected chi connectivity index (χ3v) is 13.5. The Labute approximate surface area is 390 Å². The van der Waals surface area contributed by atoms with Crippen LogP contribution in [-0.4, -0.2) is 32.6 Å². The molecule has 0 fully saturated rings. The van der Waals surface area contributed by atoms with E-state index in [1.54, 1.807) is 6.07 Å². The Bertz CT molecular complexity index is 3350. The van der Waals surface area contributed by atoms with Gasteiger partial charge in [-0.05, 0) is 83.4 Å². The molecule has 0 atom stereocenters. The number of rotatable bonds is 6. The number of nitrogens with zero attached hydrogens (tertiary/aromatic N) is 5. The summed E-state index contributed by atoms with van der Waals surface area (Å²) in [4.78, 5) is 19.5. The molecule has 0 saturated heterocycles. The van der Waals surface area contributed by atoms with Crippen molar-refractivity contribution in [2.24, 2.45) is 0 Å². The minimum absolute atomic E-state index is 0. The zero-order chi connectivity index (χ0) is 45.1. The van der Waals surface area contributed by atoms with Crippen LogP contribution in [0.4, 0.5) is 4.39 Å². The first-order valence-electron chi connectivity index (χ1n) is 21.8. The molecule has 10 rings (SSSR count). The van der Waals surface area contributed by atoms with E-state index in [2.05, 4.69) is 141 Å². The summed E-state index contributed by atoms with van der Waals surface area (Å²) >= 11 is 0. The van der Waals surface area contributed by atoms with Crippen LogP contribution in [0.1, 0.15) is 58.8 Å². The Kier molecular flexibility index (Phi) is 11.8. The van der Waals surface area contributed by atoms with Crippen LogP contribution < -0.4 is 5.19 Å². The smallest absolute Gasteiger partial charge is 0.216 e. The average Bonchev–Trinajstić information content (AvgIpc) is 3.85. The fourth-order valence-electron chi connectivity index (χ4n) is 8.11. The Hall–Kier alpha value is -6.12. The molecule has 0 unspecified atom stereocenters. The summed E-state index contributed by atoms with van der Waals surface area (Å²) in [6.45, 7) is 19.0. The van der Waals surface area contributed by atoms with Crippen molar-refractivity contribution >= 4 is 57.3 Å². The summed E-state index contributed by atoms with van der Waals surface area (Å²) in [5, 5.41) is 4.23. The van der Waals surface area contributed by atoms with Crippen molar-refractivity contribution in [3.63, 3.8) is 0 Å². The minimum atomic E-state index is -1.57. The van der Waals surface area contributed by atoms with E-state index in [-0.39, 0.29) is 31.3 Å². The van der Waals surface area contributed by atoms with Crippen molar-refractivity contribution < 1.29 is 30.3 Å². The second-order valence-electron chi connectivity index (χ2n) is 18.4. The molecule has 9 heteroatoms. The zero-order valence-electron chi connectivity index (χ0n) is 38.6. The minimum Gasteiger partial charge on any atom is -0.486 e. The van der Waals surface area contributed by atoms with Crippen molar-refractivity contribution in [3.8, 4) is 39.5 Å². The maximum absolute atomic E-state index is 13.0. The molecule has 1 radical (unpaired) electrons. The van der Waals surface area contributed by atoms with Gasteiger partial charge in [-0.3, -0.25) is 14.4 Å². The number of fused-ring (bicyclic) bond motifs is 6. The Morgan fingerprint density at radius 3 is 2.17 bits per heavy atom. The van der Waals surface area contributed by atoms with Crippen LogP contribution >= 0.6 is 0 Å². The molecule has 5 aromatic heterocycles. The SMILES string of the molecule is Cc1ccc2c(ccc3nc(-c4[c-]ccc5c4oc4nc(C(C)(C)C)ccc45)n(-c4ccc(-c5ccccc5)cc4)c32)n1.[2H]C(C)(C)c1cc(-c2[c-]cc(F)cc2)ncc1[Si](C)(C)C.[Ir]. The van der Waals surface area contributed by atoms with Crippen molar-refractivity contribution in [1.82, 2.24) is 24.5 Å². The van der Waals surface area contributed by atoms with Gasteiger partial charge in [0.25, 0.3) is 0 Å². The van der Waals surface area contributed by atoms with Gasteiger partial charge < -0.3 is 14.0 Å². The first-order valence-corrected chi connectivity index (χ1v) is 24.8. The summed E-state index contributed by atoms with van der Waals surface area (Å²) < 4.78 is 30.2. The van der Waals surface area contributed by atoms with E-state index in [9.17, 15) is 4.39 Å². The van der Waals surface area contributed by atoms with Gasteiger partial charge in [-0.2, -0.15) is 0 Å². The fourth-order valence-corrected chi connectivity index (χ4v) is 9.69. The first-order chi connectivity index (χ1) is 30.4. The van der Waals surface area contributed by atoms with E-state index >= 15 is 0 Å². The Morgan fingerprint density at radius 1 is 0.766 bits per heavy atom. The summed E-state index contributed by atoms with van der Waals surface area (Å²) in [7, 11) is -1.57. The number of benzene rings is 5. The number of furan rings is 1. The Morgan fingerprint density at radius 2 is 1.48 bits per heavy atom. The normalized spacial score (nSPS) is 12.3. The van der Waals surface area contributed by atoms with Gasteiger partial charge in [-0.15, -0.1) is 48.0 Å². The number of aryl methyl sites for hydroxylation is 1. The maximum Gasteiger partial charge on any atom is 0.216 e. The summed E-state index contributed by atoms with van der Waals surface area (Å²) in [6.07, 6.45) is 1.89. The van der Waals surface area contributed by atoms with E-state index in [4.69, 9.17) is 20.7 Å². The Balaban J connectivity index is 0.000000222. The van der Waals surface area contributed by atoms with Crippen LogP contribution in [0, 0.1) is 24.9 Å². The predicted molar refractivity (Wildman–Crippen MR) is 260 cm³/mol. The van der Waals surface area contributed by atoms with Crippen LogP contribution in [0.25, 0.3) is 83.5 Å². The van der Waals surface area contributed by atoms with E-state index in [1.165, 1.54) is 22.9 Å². The average molecular weight is 1040 g/mol. The van der Waals surface area contributed by atoms with Crippen molar-refractivity contribution in [1.29, 1.82) is 0 Å². The molecule has 5 heterocycles. The van der Waals surface area contributed by atoms with Gasteiger partial charge in [0.2, 0.25) is 5.71 Å². The van der Waals surface area contributed by atoms with E-state index < -0.39 is 14.0 Å². The first kappa shape index (κ1) is 43.1. The van der Waals surface area contributed by atoms with Crippen LogP contribution in [0.3, 0.4) is 0 Å². The van der Waals surface area contributed by atoms with E-state index in [0.717, 1.165) is 89.1 Å². The number of pyridine rings is 3. The van der Waals surface area contributed by atoms with Gasteiger partial charge in [-0.1, -0.05) is 119 Å². The van der Waals surface area contributed by atoms with Gasteiger partial charge in [0.1, 0.15) is 0 Å². The number of hydrogen-bond donors (Lipinski definition) is 0. The van der Waals surface area contributed by atoms with Gasteiger partial charge in [-0.25, -0.2) is 4.98 Å². The molecular formula is C55H50FIrN5OSi-2. The molecule has 10 aromatic rings. The van der Waals surface area contributed by atoms with Crippen molar-refractivity contribution in [2.75, 3.05) is 0 Å². The van der Waals surface area contributed by atoms with Crippen LogP contribution in [-0.2, 0) is 25.5 Å². The molecule has 0 aliphatic carbocycles. The van der Waals surface area contributed by atoms with Gasteiger partial charge >= 0.3 is 0 Å². The second-order valence-corrected chi connectivity index (χ2v) is 23.5. The summed E-state index contributed by atoms with van der Waals surface area (Å²) in [6, 6.07) is 48.3. The molecule has 64 heavy (non-hydrogen) atoms. The molecule has 0 bridgehead atoms. The van der Waals surface area contributed by atoms with Crippen LogP contribution in [0.2, 0.25) is 19.6 Å². The summed E-state index contributed by atoms with van der Waals surface area (Å²) in [5.41, 5.74) is 12.7. The molecule has 0 amide bonds. The number of halogens is 1. The van der Waals surface area contributed by atoms with Gasteiger partial charge in [0.15, 0.2) is 0 Å². The van der Waals surface area contributed by atoms with Crippen molar-refractivity contribution in [2.45, 2.75) is 72.5 Å². The number of aromatic nitrogens is 5. The van der Waals surface area contributed by atoms with Gasteiger partial charge in [0.05, 0.1) is 36.0 Å². The van der Waals surface area contributed by atoms with E-state index in [0.29, 0.717) is 5.71 Å². The molecule has 0 saturated carbocycles. The number of hydrogen-bond acceptors (Lipinski definition) is 5. The maximum atomic E-state index is 13.0. The molecular weight excluding hydrogens is 986 g/mol. The molecule has 0 spiro atoms. The third-order valence-electron chi connectivity index (χ3n) is 11.4. The van der Waals surface area contributed by atoms with Crippen LogP contribution in [0.5, 0.6) is 0 Å². The number of imidazole rings is 1. The van der Waals surface area contributed by atoms with Crippen molar-refractivity contribution in [3.05, 3.63) is 168 Å². The molecule has 323 valence electrons. The predicted octanol–water partition coefficient (Wildman–Crippen LogP) is 14.0. The standard InChI is InChI=1S/C38H29N4O.C17H21FNSi.Ir/c1-23-13-18-29-31(39-23)20-21-32-34(29)42(26-16-14-25(15-17-26)24-9-6-5-7-10-24)36(40-32)30-12-8-11-27-28-19-22-33(38(2,3)4)41-37(28)43-35(27)30;1-12(2)15-10-16(13-6-8-14(18)9-7-13)19-11-17(15)20(3,4)5;/h5-11,13-22H,1-4H3;6,8-12H,1-5H3;/q2*-1;/i;12D;. The largest absolute Gasteiger partial charge is 0.486 e. The molecule has 0 N–H and O–H groups in total. The molecule has 0 aliphatic rings. The molecule has 5 aromatic carbocycles. The van der Waals surface area contributed by atoms with E-state index in [1.807, 2.05) is 57.3 Å². The molecule has 0 aliphatic heterocycles. The summed E-state index contributed by atoms with van der Waals surface area (Å²) in [5.74, 6) is -0.234. The van der Waals surface area contributed by atoms with Crippen LogP contribution in [0.15, 0.2) is 138 Å². The van der Waals surface area contributed by atoms with Gasteiger partial charge in [0, 0.05) is 66.8 Å². The molecule has 6 nitrogen and oxygen atoms in total. The second kappa shape index (κ2) is 17.5. The fraction of sp³-hybridized carbons (Fsp3) is 0.200. The zero-order valence-corrected chi connectivity index (χ0v) is 41.0. The quantitative estimate of drug-likeness (QED) is 0.123. The topological polar surface area (TPSA) is 69.6 Å². The third kappa shape index (κ3) is 8.60. The monoisotopic (exact) mass is 1040 g/mol.